The predicted octanol–water partition coefficient (Wildman–Crippen LogP) is 8.99. The van der Waals surface area contributed by atoms with Crippen LogP contribution in [-0.2, 0) is 0 Å². The lowest BCUT2D eigenvalue weighted by molar-refractivity contribution is 0.484. The van der Waals surface area contributed by atoms with E-state index in [-0.39, 0.29) is 0 Å². The fourth-order valence-electron chi connectivity index (χ4n) is 7.51. The standard InChI is InChI=1S/C40H30N8O/c1-23-9-5-10-24(2)35(23)45-31-13-7-19-41-37(31)47-33-21-27(15-17-29(33)43-39(45)47)49-28-16-18-30-34(22-28)48-38-32(14-8-20-42-38)46(40(48)44-30)36-25(3)11-6-12-26(36)4/h5-22H,1-4H3. The summed E-state index contributed by atoms with van der Waals surface area (Å²) < 4.78 is 15.3. The zero-order valence-electron chi connectivity index (χ0n) is 27.4. The van der Waals surface area contributed by atoms with Crippen LogP contribution in [0.3, 0.4) is 0 Å². The van der Waals surface area contributed by atoms with Gasteiger partial charge in [0.2, 0.25) is 11.6 Å². The van der Waals surface area contributed by atoms with E-state index < -0.39 is 0 Å². The number of nitrogens with zero attached hydrogens (tertiary/aromatic N) is 8. The van der Waals surface area contributed by atoms with E-state index in [1.807, 2.05) is 60.9 Å². The van der Waals surface area contributed by atoms with Gasteiger partial charge in [0.15, 0.2) is 11.3 Å². The van der Waals surface area contributed by atoms with Gasteiger partial charge in [-0.2, -0.15) is 0 Å². The number of fused-ring (bicyclic) bond motifs is 10. The molecule has 0 fully saturated rings. The van der Waals surface area contributed by atoms with Gasteiger partial charge in [0.25, 0.3) is 0 Å². The molecule has 6 heterocycles. The molecule has 0 saturated heterocycles. The highest BCUT2D eigenvalue weighted by molar-refractivity contribution is 5.93. The van der Waals surface area contributed by atoms with Crippen LogP contribution in [-0.4, -0.2) is 37.9 Å². The molecule has 0 spiro atoms. The Morgan fingerprint density at radius 2 is 0.898 bits per heavy atom. The van der Waals surface area contributed by atoms with Crippen LogP contribution in [0.2, 0.25) is 0 Å². The highest BCUT2D eigenvalue weighted by Crippen LogP contribution is 2.35. The Morgan fingerprint density at radius 3 is 1.33 bits per heavy atom. The van der Waals surface area contributed by atoms with Crippen LogP contribution in [0.1, 0.15) is 22.3 Å². The maximum atomic E-state index is 6.58. The average molecular weight is 639 g/mol. The fourth-order valence-corrected chi connectivity index (χ4v) is 7.51. The van der Waals surface area contributed by atoms with Crippen LogP contribution in [0.25, 0.3) is 67.3 Å². The second-order valence-electron chi connectivity index (χ2n) is 12.7. The minimum absolute atomic E-state index is 0.703. The molecule has 49 heavy (non-hydrogen) atoms. The van der Waals surface area contributed by atoms with Crippen molar-refractivity contribution < 1.29 is 4.74 Å². The number of aryl methyl sites for hydroxylation is 4. The van der Waals surface area contributed by atoms with Gasteiger partial charge in [0, 0.05) is 24.5 Å². The zero-order valence-corrected chi connectivity index (χ0v) is 27.4. The van der Waals surface area contributed by atoms with Crippen LogP contribution in [0.5, 0.6) is 11.5 Å². The number of pyridine rings is 2. The van der Waals surface area contributed by atoms with Crippen LogP contribution < -0.4 is 4.74 Å². The Labute approximate surface area is 280 Å². The van der Waals surface area contributed by atoms with Gasteiger partial charge in [-0.05, 0) is 98.5 Å². The third-order valence-electron chi connectivity index (χ3n) is 9.62. The zero-order chi connectivity index (χ0) is 33.0. The molecule has 0 saturated carbocycles. The first-order valence-electron chi connectivity index (χ1n) is 16.3. The first-order valence-corrected chi connectivity index (χ1v) is 16.3. The smallest absolute Gasteiger partial charge is 0.221 e. The third kappa shape index (κ3) is 3.87. The van der Waals surface area contributed by atoms with Crippen molar-refractivity contribution in [1.82, 2.24) is 37.9 Å². The molecule has 10 rings (SSSR count). The number of aromatic nitrogens is 8. The minimum Gasteiger partial charge on any atom is -0.457 e. The summed E-state index contributed by atoms with van der Waals surface area (Å²) in [4.78, 5) is 19.8. The molecule has 0 atom stereocenters. The van der Waals surface area contributed by atoms with Gasteiger partial charge in [-0.25, -0.2) is 19.9 Å². The SMILES string of the molecule is Cc1cccc(C)c1-n1c2cccnc2n2c3cc(Oc4ccc5nc6n(-c7c(C)cccc7C)c7cccnc7n6c5c4)ccc3nc12. The molecule has 0 aliphatic rings. The molecule has 0 N–H and O–H groups in total. The van der Waals surface area contributed by atoms with Crippen molar-refractivity contribution in [2.24, 2.45) is 0 Å². The predicted molar refractivity (Wildman–Crippen MR) is 194 cm³/mol. The molecule has 6 aromatic heterocycles. The molecule has 0 radical (unpaired) electrons. The third-order valence-corrected chi connectivity index (χ3v) is 9.62. The number of benzene rings is 4. The largest absolute Gasteiger partial charge is 0.457 e. The summed E-state index contributed by atoms with van der Waals surface area (Å²) in [5.74, 6) is 3.03. The topological polar surface area (TPSA) is 79.5 Å². The first kappa shape index (κ1) is 27.6. The lowest BCUT2D eigenvalue weighted by Gasteiger charge is -2.11. The number of para-hydroxylation sites is 2. The van der Waals surface area contributed by atoms with E-state index in [2.05, 4.69) is 94.2 Å². The normalized spacial score (nSPS) is 12.1. The molecule has 0 amide bonds. The maximum absolute atomic E-state index is 6.58. The summed E-state index contributed by atoms with van der Waals surface area (Å²) >= 11 is 0. The van der Waals surface area contributed by atoms with Crippen LogP contribution in [0, 0.1) is 27.7 Å². The summed E-state index contributed by atoms with van der Waals surface area (Å²) in [6.45, 7) is 8.55. The molecular formula is C40H30N8O. The molecule has 9 nitrogen and oxygen atoms in total. The van der Waals surface area contributed by atoms with Crippen molar-refractivity contribution in [1.29, 1.82) is 0 Å². The van der Waals surface area contributed by atoms with E-state index in [4.69, 9.17) is 24.7 Å². The van der Waals surface area contributed by atoms with Crippen LogP contribution >= 0.6 is 0 Å². The van der Waals surface area contributed by atoms with E-state index in [1.165, 1.54) is 22.3 Å². The number of hydrogen-bond acceptors (Lipinski definition) is 5. The number of rotatable bonds is 4. The first-order chi connectivity index (χ1) is 24.0. The number of ether oxygens (including phenoxy) is 1. The fraction of sp³-hybridized carbons (Fsp3) is 0.100. The Bertz CT molecular complexity index is 2730. The Kier molecular flexibility index (Phi) is 5.64. The number of hydrogen-bond donors (Lipinski definition) is 0. The van der Waals surface area contributed by atoms with Gasteiger partial charge in [-0.1, -0.05) is 36.4 Å². The molecule has 0 aliphatic carbocycles. The molecule has 4 aromatic carbocycles. The van der Waals surface area contributed by atoms with E-state index in [9.17, 15) is 0 Å². The van der Waals surface area contributed by atoms with Crippen molar-refractivity contribution in [2.75, 3.05) is 0 Å². The Morgan fingerprint density at radius 1 is 0.469 bits per heavy atom. The van der Waals surface area contributed by atoms with E-state index in [1.54, 1.807) is 0 Å². The van der Waals surface area contributed by atoms with Crippen molar-refractivity contribution in [2.45, 2.75) is 27.7 Å². The lowest BCUT2D eigenvalue weighted by atomic mass is 10.1. The summed E-state index contributed by atoms with van der Waals surface area (Å²) in [5, 5.41) is 0. The minimum atomic E-state index is 0.703. The summed E-state index contributed by atoms with van der Waals surface area (Å²) in [6, 6.07) is 32.9. The van der Waals surface area contributed by atoms with Gasteiger partial charge in [0.1, 0.15) is 11.5 Å². The van der Waals surface area contributed by atoms with Gasteiger partial charge < -0.3 is 4.74 Å². The highest BCUT2D eigenvalue weighted by atomic mass is 16.5. The van der Waals surface area contributed by atoms with Crippen LogP contribution in [0.15, 0.2) is 109 Å². The molecule has 0 unspecified atom stereocenters. The lowest BCUT2D eigenvalue weighted by Crippen LogP contribution is -2.00. The van der Waals surface area contributed by atoms with Gasteiger partial charge in [-0.15, -0.1) is 0 Å². The monoisotopic (exact) mass is 638 g/mol. The maximum Gasteiger partial charge on any atom is 0.221 e. The van der Waals surface area contributed by atoms with E-state index in [0.717, 1.165) is 67.3 Å². The van der Waals surface area contributed by atoms with Crippen LogP contribution in [0.4, 0.5) is 0 Å². The van der Waals surface area contributed by atoms with Crippen molar-refractivity contribution >= 4 is 55.9 Å². The molecule has 0 aliphatic heterocycles. The molecule has 0 bridgehead atoms. The summed E-state index contributed by atoms with van der Waals surface area (Å²) in [6.07, 6.45) is 3.66. The van der Waals surface area contributed by atoms with Gasteiger partial charge in [0.05, 0.1) is 44.5 Å². The number of imidazole rings is 4. The molecule has 236 valence electrons. The quantitative estimate of drug-likeness (QED) is 0.192. The van der Waals surface area contributed by atoms with Gasteiger partial charge in [-0.3, -0.25) is 17.9 Å². The molecular weight excluding hydrogens is 608 g/mol. The summed E-state index contributed by atoms with van der Waals surface area (Å²) in [7, 11) is 0. The molecule has 9 heteroatoms. The second-order valence-corrected chi connectivity index (χ2v) is 12.7. The highest BCUT2D eigenvalue weighted by Gasteiger charge is 2.22. The Balaban J connectivity index is 1.13. The van der Waals surface area contributed by atoms with Crippen molar-refractivity contribution in [3.8, 4) is 22.9 Å². The van der Waals surface area contributed by atoms with Crippen molar-refractivity contribution in [3.05, 3.63) is 132 Å². The van der Waals surface area contributed by atoms with E-state index in [0.29, 0.717) is 11.5 Å². The second kappa shape index (κ2) is 10.0. The summed E-state index contributed by atoms with van der Waals surface area (Å²) in [5.41, 5.74) is 14.2. The van der Waals surface area contributed by atoms with Crippen molar-refractivity contribution in [3.63, 3.8) is 0 Å². The van der Waals surface area contributed by atoms with E-state index >= 15 is 0 Å². The van der Waals surface area contributed by atoms with Gasteiger partial charge >= 0.3 is 0 Å². The molecule has 10 aromatic rings. The Hall–Kier alpha value is -6.48. The average Bonchev–Trinajstić information content (AvgIpc) is 3.82.